The van der Waals surface area contributed by atoms with Crippen molar-refractivity contribution in [1.29, 1.82) is 0 Å². The second-order valence-electron chi connectivity index (χ2n) is 14.5. The van der Waals surface area contributed by atoms with Crippen molar-refractivity contribution in [3.05, 3.63) is 125 Å². The highest BCUT2D eigenvalue weighted by Gasteiger charge is 2.30. The zero-order valence-corrected chi connectivity index (χ0v) is 31.2. The second kappa shape index (κ2) is 20.3. The van der Waals surface area contributed by atoms with Crippen molar-refractivity contribution in [2.24, 2.45) is 0 Å². The molecule has 0 aliphatic carbocycles. The van der Waals surface area contributed by atoms with Gasteiger partial charge in [0.25, 0.3) is 0 Å². The molecular weight excluding hydrogens is 565 g/mol. The summed E-state index contributed by atoms with van der Waals surface area (Å²) in [6, 6.07) is 38.5. The van der Waals surface area contributed by atoms with Crippen LogP contribution in [-0.2, 0) is 6.42 Å². The van der Waals surface area contributed by atoms with Crippen molar-refractivity contribution in [2.75, 3.05) is 26.2 Å². The van der Waals surface area contributed by atoms with Gasteiger partial charge in [-0.3, -0.25) is 0 Å². The molecule has 0 aliphatic rings. The van der Waals surface area contributed by atoms with Gasteiger partial charge >= 0.3 is 0 Å². The zero-order chi connectivity index (χ0) is 34.0. The van der Waals surface area contributed by atoms with E-state index in [0.29, 0.717) is 0 Å². The smallest absolute Gasteiger partial charge is 0.0817 e. The summed E-state index contributed by atoms with van der Waals surface area (Å²) in [6.45, 7) is 21.5. The molecule has 0 amide bonds. The molecular formula is C45H66BN. The molecule has 0 spiro atoms. The summed E-state index contributed by atoms with van der Waals surface area (Å²) in [7, 11) is 0. The van der Waals surface area contributed by atoms with Crippen LogP contribution in [0.2, 0.25) is 6.32 Å². The van der Waals surface area contributed by atoms with Gasteiger partial charge in [0.15, 0.2) is 0 Å². The van der Waals surface area contributed by atoms with Crippen molar-refractivity contribution in [3.8, 4) is 0 Å². The molecule has 0 radical (unpaired) electrons. The lowest BCUT2D eigenvalue weighted by Crippen LogP contribution is -2.67. The van der Waals surface area contributed by atoms with Crippen molar-refractivity contribution in [2.45, 2.75) is 113 Å². The van der Waals surface area contributed by atoms with Crippen molar-refractivity contribution in [1.82, 2.24) is 0 Å². The van der Waals surface area contributed by atoms with Gasteiger partial charge in [-0.05, 0) is 46.5 Å². The second-order valence-corrected chi connectivity index (χ2v) is 14.5. The van der Waals surface area contributed by atoms with Crippen molar-refractivity contribution in [3.63, 3.8) is 0 Å². The van der Waals surface area contributed by atoms with Crippen LogP contribution in [0.4, 0.5) is 0 Å². The van der Waals surface area contributed by atoms with Crippen LogP contribution < -0.4 is 16.4 Å². The van der Waals surface area contributed by atoms with E-state index in [0.717, 1.165) is 12.7 Å². The SMILES string of the molecule is CCCC[N+](CCCC)(CCCC)CCCC.Cc1ccc([B-](CCc2ccccc2)(c2ccc(C)cc2)c2ccc(C)cc2)cc1. The summed E-state index contributed by atoms with van der Waals surface area (Å²) in [4.78, 5) is 0. The van der Waals surface area contributed by atoms with E-state index < -0.39 is 6.15 Å². The first-order valence-corrected chi connectivity index (χ1v) is 19.1. The van der Waals surface area contributed by atoms with Crippen LogP contribution in [0.15, 0.2) is 103 Å². The van der Waals surface area contributed by atoms with Gasteiger partial charge in [0.1, 0.15) is 0 Å². The van der Waals surface area contributed by atoms with Crippen molar-refractivity contribution >= 4 is 22.5 Å². The van der Waals surface area contributed by atoms with E-state index >= 15 is 0 Å². The van der Waals surface area contributed by atoms with E-state index in [2.05, 4.69) is 152 Å². The Morgan fingerprint density at radius 1 is 0.426 bits per heavy atom. The first kappa shape index (κ1) is 38.4. The Bertz CT molecular complexity index is 1220. The van der Waals surface area contributed by atoms with Crippen LogP contribution in [0.25, 0.3) is 0 Å². The summed E-state index contributed by atoms with van der Waals surface area (Å²) >= 11 is 0. The van der Waals surface area contributed by atoms with Gasteiger partial charge in [0.05, 0.1) is 32.3 Å². The number of benzene rings is 4. The lowest BCUT2D eigenvalue weighted by Gasteiger charge is -2.43. The summed E-state index contributed by atoms with van der Waals surface area (Å²) in [5.74, 6) is 0. The molecule has 0 aliphatic heterocycles. The quantitative estimate of drug-likeness (QED) is 0.0757. The van der Waals surface area contributed by atoms with E-state index in [1.807, 2.05) is 0 Å². The fourth-order valence-electron chi connectivity index (χ4n) is 7.44. The van der Waals surface area contributed by atoms with Gasteiger partial charge in [-0.1, -0.05) is 185 Å². The number of hydrogen-bond donors (Lipinski definition) is 0. The fraction of sp³-hybridized carbons (Fsp3) is 0.467. The maximum atomic E-state index is 2.35. The highest BCUT2D eigenvalue weighted by molar-refractivity contribution is 7.11. The lowest BCUT2D eigenvalue weighted by molar-refractivity contribution is -0.929. The van der Waals surface area contributed by atoms with Crippen LogP contribution >= 0.6 is 0 Å². The van der Waals surface area contributed by atoms with E-state index in [-0.39, 0.29) is 0 Å². The standard InChI is InChI=1S/C29H30B.C16H36N/c1-23-9-15-27(16-10-23)30(28-17-11-24(2)12-18-28,29-19-13-25(3)14-20-29)22-21-26-7-5-4-6-8-26;1-5-9-13-17(14-10-6-2,15-11-7-3)16-12-8-4/h4-20H,21-22H2,1-3H3;5-16H2,1-4H3/q-1;+1. The molecule has 0 aromatic heterocycles. The molecule has 0 saturated carbocycles. The van der Waals surface area contributed by atoms with Gasteiger partial charge in [-0.15, -0.1) is 0 Å². The zero-order valence-electron chi connectivity index (χ0n) is 31.2. The Hall–Kier alpha value is -3.10. The number of unbranched alkanes of at least 4 members (excludes halogenated alkanes) is 4. The number of quaternary nitrogens is 1. The van der Waals surface area contributed by atoms with Gasteiger partial charge in [-0.25, -0.2) is 0 Å². The molecule has 4 aromatic carbocycles. The van der Waals surface area contributed by atoms with Gasteiger partial charge < -0.3 is 4.48 Å². The van der Waals surface area contributed by atoms with E-state index in [4.69, 9.17) is 0 Å². The maximum Gasteiger partial charge on any atom is 0.0817 e. The third kappa shape index (κ3) is 11.5. The topological polar surface area (TPSA) is 0 Å². The van der Waals surface area contributed by atoms with Crippen LogP contribution in [0, 0.1) is 20.8 Å². The predicted octanol–water partition coefficient (Wildman–Crippen LogP) is 10.3. The molecule has 1 nitrogen and oxygen atoms in total. The molecule has 0 fully saturated rings. The fourth-order valence-corrected chi connectivity index (χ4v) is 7.44. The normalized spacial score (nSPS) is 11.6. The minimum Gasteiger partial charge on any atom is -0.324 e. The molecule has 2 heteroatoms. The largest absolute Gasteiger partial charge is 0.324 e. The number of hydrogen-bond acceptors (Lipinski definition) is 0. The number of aryl methyl sites for hydroxylation is 4. The summed E-state index contributed by atoms with van der Waals surface area (Å²) < 4.78 is 1.42. The molecule has 4 aromatic rings. The lowest BCUT2D eigenvalue weighted by atomic mass is 9.14. The Balaban J connectivity index is 0.000000303. The molecule has 47 heavy (non-hydrogen) atoms. The predicted molar refractivity (Wildman–Crippen MR) is 213 cm³/mol. The molecule has 4 rings (SSSR count). The van der Waals surface area contributed by atoms with Gasteiger partial charge in [0, 0.05) is 0 Å². The molecule has 0 unspecified atom stereocenters. The molecule has 0 atom stereocenters. The van der Waals surface area contributed by atoms with Crippen LogP contribution in [0.1, 0.15) is 101 Å². The molecule has 0 bridgehead atoms. The highest BCUT2D eigenvalue weighted by Crippen LogP contribution is 2.19. The van der Waals surface area contributed by atoms with Crippen LogP contribution in [0.5, 0.6) is 0 Å². The molecule has 0 heterocycles. The average molecular weight is 632 g/mol. The van der Waals surface area contributed by atoms with E-state index in [1.165, 1.54) is 121 Å². The number of rotatable bonds is 18. The van der Waals surface area contributed by atoms with Gasteiger partial charge in [0.2, 0.25) is 0 Å². The monoisotopic (exact) mass is 632 g/mol. The first-order chi connectivity index (χ1) is 22.8. The minimum absolute atomic E-state index is 1.05. The molecule has 0 N–H and O–H groups in total. The Morgan fingerprint density at radius 2 is 0.745 bits per heavy atom. The summed E-state index contributed by atoms with van der Waals surface area (Å²) in [5, 5.41) is 0. The van der Waals surface area contributed by atoms with E-state index in [9.17, 15) is 0 Å². The maximum absolute atomic E-state index is 2.35. The first-order valence-electron chi connectivity index (χ1n) is 19.1. The Morgan fingerprint density at radius 3 is 1.04 bits per heavy atom. The summed E-state index contributed by atoms with van der Waals surface area (Å²) in [5.41, 5.74) is 9.57. The average Bonchev–Trinajstić information content (AvgIpc) is 3.10. The summed E-state index contributed by atoms with van der Waals surface area (Å²) in [6.07, 6.45) is 12.1. The highest BCUT2D eigenvalue weighted by atomic mass is 15.3. The molecule has 0 saturated heterocycles. The Labute approximate surface area is 290 Å². The minimum atomic E-state index is -1.08. The molecule has 254 valence electrons. The van der Waals surface area contributed by atoms with Gasteiger partial charge in [-0.2, -0.15) is 22.7 Å². The third-order valence-electron chi connectivity index (χ3n) is 10.6. The van der Waals surface area contributed by atoms with E-state index in [1.54, 1.807) is 0 Å². The number of nitrogens with zero attached hydrogens (tertiary/aromatic N) is 1. The van der Waals surface area contributed by atoms with Crippen LogP contribution in [-0.4, -0.2) is 36.8 Å². The Kier molecular flexibility index (Phi) is 16.6. The van der Waals surface area contributed by atoms with Crippen molar-refractivity contribution < 1.29 is 4.48 Å². The van der Waals surface area contributed by atoms with Crippen LogP contribution in [0.3, 0.4) is 0 Å². The third-order valence-corrected chi connectivity index (χ3v) is 10.6.